The van der Waals surface area contributed by atoms with Crippen LogP contribution in [-0.4, -0.2) is 93.5 Å². The maximum absolute atomic E-state index is 11.8. The molecule has 1 aromatic heterocycles. The topological polar surface area (TPSA) is 111 Å². The molecule has 0 radical (unpaired) electrons. The van der Waals surface area contributed by atoms with Crippen LogP contribution in [0.4, 0.5) is 13.2 Å². The van der Waals surface area contributed by atoms with E-state index in [1.165, 1.54) is 0 Å². The molecule has 0 aliphatic carbocycles. The quantitative estimate of drug-likeness (QED) is 0.487. The van der Waals surface area contributed by atoms with Crippen LogP contribution in [0.15, 0.2) is 18.2 Å². The van der Waals surface area contributed by atoms with Gasteiger partial charge in [-0.3, -0.25) is 14.6 Å². The fourth-order valence-corrected chi connectivity index (χ4v) is 3.50. The van der Waals surface area contributed by atoms with Crippen molar-refractivity contribution in [3.05, 3.63) is 29.0 Å². The summed E-state index contributed by atoms with van der Waals surface area (Å²) in [7, 11) is 0. The largest absolute Gasteiger partial charge is 0.490 e. The molecule has 1 saturated heterocycles. The highest BCUT2D eigenvalue weighted by atomic mass is 35.5. The maximum Gasteiger partial charge on any atom is 0.490 e. The third-order valence-corrected chi connectivity index (χ3v) is 5.18. The van der Waals surface area contributed by atoms with Gasteiger partial charge in [-0.2, -0.15) is 13.2 Å². The molecular formula is C21H25ClF3N5O4. The van der Waals surface area contributed by atoms with Gasteiger partial charge in [-0.15, -0.1) is 6.42 Å². The van der Waals surface area contributed by atoms with E-state index in [-0.39, 0.29) is 19.1 Å². The van der Waals surface area contributed by atoms with Crippen molar-refractivity contribution in [3.8, 4) is 12.3 Å². The molecule has 0 spiro atoms. The number of aliphatic hydroxyl groups is 1. The number of amides is 1. The Labute approximate surface area is 199 Å². The lowest BCUT2D eigenvalue weighted by Crippen LogP contribution is -2.49. The third kappa shape index (κ3) is 8.18. The monoisotopic (exact) mass is 503 g/mol. The molecule has 1 aliphatic heterocycles. The van der Waals surface area contributed by atoms with Gasteiger partial charge in [0.15, 0.2) is 0 Å². The van der Waals surface area contributed by atoms with Crippen molar-refractivity contribution in [1.82, 2.24) is 24.7 Å². The number of aromatic nitrogens is 2. The molecule has 13 heteroatoms. The molecule has 34 heavy (non-hydrogen) atoms. The van der Waals surface area contributed by atoms with E-state index >= 15 is 0 Å². The van der Waals surface area contributed by atoms with Crippen LogP contribution >= 0.6 is 11.6 Å². The molecule has 1 aliphatic rings. The van der Waals surface area contributed by atoms with Crippen LogP contribution in [0.1, 0.15) is 5.82 Å². The second kappa shape index (κ2) is 12.6. The van der Waals surface area contributed by atoms with E-state index in [0.29, 0.717) is 24.7 Å². The highest BCUT2D eigenvalue weighted by Gasteiger charge is 2.38. The molecule has 1 aromatic carbocycles. The number of nitrogens with zero attached hydrogens (tertiary/aromatic N) is 4. The summed E-state index contributed by atoms with van der Waals surface area (Å²) in [5, 5.41) is 19.9. The zero-order valence-corrected chi connectivity index (χ0v) is 18.9. The lowest BCUT2D eigenvalue weighted by molar-refractivity contribution is -0.192. The number of carboxylic acid groups (broad SMARTS) is 1. The first-order chi connectivity index (χ1) is 16.0. The summed E-state index contributed by atoms with van der Waals surface area (Å²) in [6, 6.07) is 5.63. The van der Waals surface area contributed by atoms with Crippen LogP contribution in [-0.2, 0) is 22.7 Å². The molecule has 0 bridgehead atoms. The number of hydrogen-bond acceptors (Lipinski definition) is 6. The molecule has 0 unspecified atom stereocenters. The van der Waals surface area contributed by atoms with Gasteiger partial charge < -0.3 is 20.1 Å². The van der Waals surface area contributed by atoms with E-state index in [1.807, 2.05) is 22.8 Å². The molecule has 0 atom stereocenters. The molecule has 2 heterocycles. The summed E-state index contributed by atoms with van der Waals surface area (Å²) < 4.78 is 33.8. The fraction of sp³-hybridized carbons (Fsp3) is 0.476. The van der Waals surface area contributed by atoms with Crippen molar-refractivity contribution in [2.24, 2.45) is 0 Å². The Morgan fingerprint density at radius 3 is 2.38 bits per heavy atom. The van der Waals surface area contributed by atoms with Crippen LogP contribution in [0.2, 0.25) is 5.02 Å². The number of aliphatic carboxylic acids is 1. The molecular weight excluding hydrogens is 479 g/mol. The van der Waals surface area contributed by atoms with E-state index in [1.54, 1.807) is 0 Å². The Morgan fingerprint density at radius 1 is 1.21 bits per heavy atom. The number of halogens is 4. The van der Waals surface area contributed by atoms with Crippen LogP contribution in [0.3, 0.4) is 0 Å². The van der Waals surface area contributed by atoms with Gasteiger partial charge in [0.05, 0.1) is 37.3 Å². The van der Waals surface area contributed by atoms with Gasteiger partial charge in [0.1, 0.15) is 5.82 Å². The zero-order valence-electron chi connectivity index (χ0n) is 18.2. The number of carboxylic acids is 1. The summed E-state index contributed by atoms with van der Waals surface area (Å²) in [6.45, 7) is 5.23. The van der Waals surface area contributed by atoms with Crippen LogP contribution < -0.4 is 5.32 Å². The maximum atomic E-state index is 11.8. The van der Waals surface area contributed by atoms with Crippen molar-refractivity contribution in [3.63, 3.8) is 0 Å². The summed E-state index contributed by atoms with van der Waals surface area (Å²) in [5.41, 5.74) is 1.82. The number of nitrogens with one attached hydrogen (secondary N) is 1. The van der Waals surface area contributed by atoms with Gasteiger partial charge in [0.25, 0.3) is 0 Å². The zero-order chi connectivity index (χ0) is 25.3. The minimum Gasteiger partial charge on any atom is -0.475 e. The third-order valence-electron chi connectivity index (χ3n) is 4.94. The molecule has 1 amide bonds. The van der Waals surface area contributed by atoms with Crippen molar-refractivity contribution >= 4 is 34.5 Å². The van der Waals surface area contributed by atoms with Gasteiger partial charge >= 0.3 is 12.1 Å². The summed E-state index contributed by atoms with van der Waals surface area (Å²) >= 11 is 6.08. The average molecular weight is 504 g/mol. The number of imidazole rings is 1. The van der Waals surface area contributed by atoms with Crippen molar-refractivity contribution in [2.75, 3.05) is 45.9 Å². The van der Waals surface area contributed by atoms with Crippen LogP contribution in [0.25, 0.3) is 11.0 Å². The SMILES string of the molecule is C#CCNC(=O)CN1CCN(Cc2nc3cc(Cl)ccc3n2CCO)CC1.O=C(O)C(F)(F)F. The summed E-state index contributed by atoms with van der Waals surface area (Å²) in [4.78, 5) is 29.8. The Kier molecular flexibility index (Phi) is 10.1. The predicted molar refractivity (Wildman–Crippen MR) is 119 cm³/mol. The van der Waals surface area contributed by atoms with E-state index in [9.17, 15) is 23.1 Å². The minimum atomic E-state index is -5.08. The number of hydrogen-bond donors (Lipinski definition) is 3. The molecule has 9 nitrogen and oxygen atoms in total. The molecule has 0 saturated carbocycles. The highest BCUT2D eigenvalue weighted by Crippen LogP contribution is 2.22. The van der Waals surface area contributed by atoms with Gasteiger partial charge in [0, 0.05) is 37.7 Å². The standard InChI is InChI=1S/C19H24ClN5O2.C2HF3O2/c1-2-5-21-19(27)14-24-8-6-23(7-9-24)13-18-22-16-12-15(20)3-4-17(16)25(18)10-11-26;3-2(4,5)1(6)7/h1,3-4,12,26H,5-11,13-14H2,(H,21,27);(H,6,7). The second-order valence-corrected chi connectivity index (χ2v) is 7.81. The molecule has 3 N–H and O–H groups in total. The number of benzene rings is 1. The number of carbonyl (C=O) groups excluding carboxylic acids is 1. The number of terminal acetylenes is 1. The lowest BCUT2D eigenvalue weighted by atomic mass is 10.3. The van der Waals surface area contributed by atoms with E-state index in [2.05, 4.69) is 21.0 Å². The predicted octanol–water partition coefficient (Wildman–Crippen LogP) is 1.18. The first-order valence-electron chi connectivity index (χ1n) is 10.3. The normalized spacial score (nSPS) is 14.8. The van der Waals surface area contributed by atoms with Gasteiger partial charge in [-0.25, -0.2) is 9.78 Å². The minimum absolute atomic E-state index is 0.0389. The van der Waals surface area contributed by atoms with Gasteiger partial charge in [-0.1, -0.05) is 17.5 Å². The molecule has 2 aromatic rings. The van der Waals surface area contributed by atoms with E-state index < -0.39 is 12.1 Å². The van der Waals surface area contributed by atoms with Gasteiger partial charge in [0.2, 0.25) is 5.91 Å². The second-order valence-electron chi connectivity index (χ2n) is 7.37. The van der Waals surface area contributed by atoms with E-state index in [0.717, 1.165) is 43.0 Å². The molecule has 3 rings (SSSR count). The van der Waals surface area contributed by atoms with Crippen LogP contribution in [0, 0.1) is 12.3 Å². The molecule has 186 valence electrons. The van der Waals surface area contributed by atoms with E-state index in [4.69, 9.17) is 32.9 Å². The number of alkyl halides is 3. The Bertz CT molecular complexity index is 1030. The number of fused-ring (bicyclic) bond motifs is 1. The van der Waals surface area contributed by atoms with Crippen molar-refractivity contribution < 1.29 is 33.0 Å². The highest BCUT2D eigenvalue weighted by molar-refractivity contribution is 6.31. The first-order valence-corrected chi connectivity index (χ1v) is 10.6. The fourth-order valence-electron chi connectivity index (χ4n) is 3.34. The number of piperazine rings is 1. The average Bonchev–Trinajstić information content (AvgIpc) is 3.09. The Hall–Kier alpha value is -2.85. The van der Waals surface area contributed by atoms with Crippen molar-refractivity contribution in [2.45, 2.75) is 19.3 Å². The Morgan fingerprint density at radius 2 is 1.82 bits per heavy atom. The number of aliphatic hydroxyl groups excluding tert-OH is 1. The lowest BCUT2D eigenvalue weighted by Gasteiger charge is -2.34. The number of rotatable bonds is 7. The Balaban J connectivity index is 0.000000509. The number of carbonyl (C=O) groups is 2. The van der Waals surface area contributed by atoms with Crippen molar-refractivity contribution in [1.29, 1.82) is 0 Å². The smallest absolute Gasteiger partial charge is 0.475 e. The van der Waals surface area contributed by atoms with Gasteiger partial charge in [-0.05, 0) is 18.2 Å². The summed E-state index contributed by atoms with van der Waals surface area (Å²) in [5.74, 6) is 0.528. The van der Waals surface area contributed by atoms with Crippen LogP contribution in [0.5, 0.6) is 0 Å². The molecule has 1 fully saturated rings. The summed E-state index contributed by atoms with van der Waals surface area (Å²) in [6.07, 6.45) is 0.0721. The first kappa shape index (κ1) is 27.4.